The third kappa shape index (κ3) is 5.12. The summed E-state index contributed by atoms with van der Waals surface area (Å²) in [5, 5.41) is 19.5. The maximum absolute atomic E-state index is 12.5. The second-order valence-corrected chi connectivity index (χ2v) is 6.00. The van der Waals surface area contributed by atoms with Crippen molar-refractivity contribution in [3.05, 3.63) is 18.0 Å². The number of ether oxygens (including phenoxy) is 1. The number of hydrogen-bond donors (Lipinski definition) is 4. The molecule has 1 fully saturated rings. The van der Waals surface area contributed by atoms with E-state index in [4.69, 9.17) is 26.1 Å². The Morgan fingerprint density at radius 1 is 1.46 bits per heavy atom. The lowest BCUT2D eigenvalue weighted by Gasteiger charge is -2.35. The summed E-state index contributed by atoms with van der Waals surface area (Å²) >= 11 is 0. The number of nitrogens with two attached hydrogens (primary N) is 2. The summed E-state index contributed by atoms with van der Waals surface area (Å²) in [5.41, 5.74) is 11.4. The van der Waals surface area contributed by atoms with Gasteiger partial charge in [-0.3, -0.25) is 4.90 Å². The van der Waals surface area contributed by atoms with Gasteiger partial charge in [0, 0.05) is 13.0 Å². The van der Waals surface area contributed by atoms with E-state index in [2.05, 4.69) is 0 Å². The molecule has 2 rings (SSSR count). The average Bonchev–Trinajstić information content (AvgIpc) is 2.90. The van der Waals surface area contributed by atoms with Gasteiger partial charge in [0.25, 0.3) is 0 Å². The zero-order valence-corrected chi connectivity index (χ0v) is 16.0. The first-order valence-electron chi connectivity index (χ1n) is 7.61. The fourth-order valence-corrected chi connectivity index (χ4v) is 2.29. The van der Waals surface area contributed by atoms with Crippen LogP contribution in [0.25, 0.3) is 0 Å². The SMILES string of the molecule is CC(C)C(N)C(=O)ON1C(=O)N(C2C[C](O)C(CO)O2)CC=C1N.Cl.Cl. The Kier molecular flexibility index (Phi) is 9.64. The minimum absolute atomic E-state index is 0. The van der Waals surface area contributed by atoms with Gasteiger partial charge in [0.1, 0.15) is 30.3 Å². The van der Waals surface area contributed by atoms with Crippen molar-refractivity contribution in [2.75, 3.05) is 13.2 Å². The molecule has 151 valence electrons. The molecule has 3 atom stereocenters. The molecule has 2 aliphatic rings. The Hall–Kier alpha value is -1.30. The highest BCUT2D eigenvalue weighted by molar-refractivity contribution is 5.85. The standard InChI is InChI=1S/C14H23N4O6.2ClH/c1-7(2)12(16)13(21)24-18-10(15)3-4-17(14(18)22)11-5-8(20)9(6-19)23-11;;/h3,7,9,11-12,19-20H,4-6,15-16H2,1-2H3;2*1H. The molecule has 2 amide bonds. The van der Waals surface area contributed by atoms with Crippen molar-refractivity contribution in [3.8, 4) is 0 Å². The molecular weight excluding hydrogens is 391 g/mol. The van der Waals surface area contributed by atoms with Crippen LogP contribution in [0, 0.1) is 12.0 Å². The monoisotopic (exact) mass is 415 g/mol. The molecule has 2 heterocycles. The minimum Gasteiger partial charge on any atom is -0.394 e. The van der Waals surface area contributed by atoms with E-state index in [0.29, 0.717) is 5.06 Å². The van der Waals surface area contributed by atoms with Crippen LogP contribution in [0.3, 0.4) is 0 Å². The Morgan fingerprint density at radius 3 is 2.58 bits per heavy atom. The van der Waals surface area contributed by atoms with Crippen LogP contribution in [0.5, 0.6) is 0 Å². The predicted octanol–water partition coefficient (Wildman–Crippen LogP) is -0.179. The van der Waals surface area contributed by atoms with Crippen LogP contribution in [-0.2, 0) is 14.4 Å². The number of aliphatic hydroxyl groups is 2. The maximum Gasteiger partial charge on any atom is 0.361 e. The maximum atomic E-state index is 12.5. The topological polar surface area (TPSA) is 152 Å². The number of amides is 2. The summed E-state index contributed by atoms with van der Waals surface area (Å²) in [4.78, 5) is 30.8. The van der Waals surface area contributed by atoms with Gasteiger partial charge >= 0.3 is 12.0 Å². The molecule has 26 heavy (non-hydrogen) atoms. The molecule has 3 unspecified atom stereocenters. The van der Waals surface area contributed by atoms with Crippen molar-refractivity contribution in [1.82, 2.24) is 9.96 Å². The first-order chi connectivity index (χ1) is 11.3. The minimum atomic E-state index is -0.903. The lowest BCUT2D eigenvalue weighted by molar-refractivity contribution is -0.178. The molecule has 0 spiro atoms. The van der Waals surface area contributed by atoms with Crippen LogP contribution < -0.4 is 11.5 Å². The number of urea groups is 1. The average molecular weight is 416 g/mol. The van der Waals surface area contributed by atoms with E-state index in [1.165, 1.54) is 11.0 Å². The third-order valence-corrected chi connectivity index (χ3v) is 3.91. The molecule has 0 saturated carbocycles. The number of nitrogens with zero attached hydrogens (tertiary/aromatic N) is 2. The van der Waals surface area contributed by atoms with Gasteiger partial charge in [-0.15, -0.1) is 29.9 Å². The van der Waals surface area contributed by atoms with Gasteiger partial charge in [-0.1, -0.05) is 13.8 Å². The first-order valence-corrected chi connectivity index (χ1v) is 7.61. The van der Waals surface area contributed by atoms with Gasteiger partial charge in [-0.2, -0.15) is 0 Å². The predicted molar refractivity (Wildman–Crippen MR) is 95.2 cm³/mol. The number of rotatable bonds is 5. The van der Waals surface area contributed by atoms with E-state index >= 15 is 0 Å². The molecule has 12 heteroatoms. The molecule has 2 aliphatic heterocycles. The zero-order valence-electron chi connectivity index (χ0n) is 14.4. The highest BCUT2D eigenvalue weighted by atomic mass is 35.5. The third-order valence-electron chi connectivity index (χ3n) is 3.91. The Bertz CT molecular complexity index is 536. The summed E-state index contributed by atoms with van der Waals surface area (Å²) in [7, 11) is 0. The lowest BCUT2D eigenvalue weighted by Crippen LogP contribution is -2.54. The highest BCUT2D eigenvalue weighted by Gasteiger charge is 2.43. The number of hydrogen-bond acceptors (Lipinski definition) is 8. The molecule has 1 radical (unpaired) electrons. The van der Waals surface area contributed by atoms with E-state index in [1.807, 2.05) is 0 Å². The number of carbonyl (C=O) groups excluding carboxylic acids is 2. The van der Waals surface area contributed by atoms with Crippen LogP contribution in [0.2, 0.25) is 0 Å². The molecule has 6 N–H and O–H groups in total. The van der Waals surface area contributed by atoms with Gasteiger partial charge in [0.15, 0.2) is 0 Å². The summed E-state index contributed by atoms with van der Waals surface area (Å²) < 4.78 is 5.41. The van der Waals surface area contributed by atoms with Gasteiger partial charge in [0.05, 0.1) is 6.61 Å². The smallest absolute Gasteiger partial charge is 0.361 e. The molecular formula is C14H25Cl2N4O6. The quantitative estimate of drug-likeness (QED) is 0.482. The zero-order chi connectivity index (χ0) is 18.0. The molecule has 0 aromatic heterocycles. The summed E-state index contributed by atoms with van der Waals surface area (Å²) in [6.45, 7) is 3.21. The number of halogens is 2. The Morgan fingerprint density at radius 2 is 2.08 bits per heavy atom. The molecule has 0 aromatic rings. The van der Waals surface area contributed by atoms with E-state index in [-0.39, 0.29) is 55.6 Å². The van der Waals surface area contributed by atoms with Gasteiger partial charge in [0.2, 0.25) is 0 Å². The van der Waals surface area contributed by atoms with Crippen molar-refractivity contribution in [1.29, 1.82) is 0 Å². The normalized spacial score (nSPS) is 24.7. The second-order valence-electron chi connectivity index (χ2n) is 6.00. The number of carbonyl (C=O) groups is 2. The molecule has 1 saturated heterocycles. The Balaban J connectivity index is 0.00000312. The van der Waals surface area contributed by atoms with Crippen LogP contribution in [0.1, 0.15) is 20.3 Å². The fourth-order valence-electron chi connectivity index (χ4n) is 2.29. The molecule has 0 aromatic carbocycles. The highest BCUT2D eigenvalue weighted by Crippen LogP contribution is 2.30. The molecule has 0 bridgehead atoms. The first kappa shape index (κ1) is 24.7. The van der Waals surface area contributed by atoms with Crippen LogP contribution in [0.15, 0.2) is 11.9 Å². The number of hydroxylamine groups is 2. The van der Waals surface area contributed by atoms with Crippen molar-refractivity contribution < 1.29 is 29.4 Å². The van der Waals surface area contributed by atoms with E-state index in [0.717, 1.165) is 0 Å². The van der Waals surface area contributed by atoms with Crippen molar-refractivity contribution in [2.24, 2.45) is 17.4 Å². The van der Waals surface area contributed by atoms with Crippen molar-refractivity contribution in [2.45, 2.75) is 38.6 Å². The van der Waals surface area contributed by atoms with Crippen molar-refractivity contribution in [3.63, 3.8) is 0 Å². The molecule has 0 aliphatic carbocycles. The number of aliphatic hydroxyl groups excluding tert-OH is 2. The Labute approximate surface area is 163 Å². The second kappa shape index (κ2) is 10.1. The van der Waals surface area contributed by atoms with Crippen LogP contribution in [0.4, 0.5) is 4.79 Å². The van der Waals surface area contributed by atoms with Gasteiger partial charge in [-0.25, -0.2) is 9.59 Å². The fraction of sp³-hybridized carbons (Fsp3) is 0.643. The van der Waals surface area contributed by atoms with Gasteiger partial charge in [-0.05, 0) is 12.0 Å². The van der Waals surface area contributed by atoms with Gasteiger partial charge < -0.3 is 31.3 Å². The van der Waals surface area contributed by atoms with Crippen LogP contribution in [-0.4, -0.2) is 63.7 Å². The van der Waals surface area contributed by atoms with Crippen molar-refractivity contribution >= 4 is 36.8 Å². The lowest BCUT2D eigenvalue weighted by atomic mass is 10.1. The summed E-state index contributed by atoms with van der Waals surface area (Å²) in [6, 6.07) is -1.62. The van der Waals surface area contributed by atoms with E-state index in [1.54, 1.807) is 13.8 Å². The summed E-state index contributed by atoms with van der Waals surface area (Å²) in [6.07, 6.45) is -0.168. The van der Waals surface area contributed by atoms with E-state index in [9.17, 15) is 14.7 Å². The molecule has 10 nitrogen and oxygen atoms in total. The van der Waals surface area contributed by atoms with Crippen LogP contribution >= 0.6 is 24.8 Å². The largest absolute Gasteiger partial charge is 0.394 e. The summed E-state index contributed by atoms with van der Waals surface area (Å²) in [5.74, 6) is -0.995. The van der Waals surface area contributed by atoms with E-state index < -0.39 is 37.0 Å².